The lowest BCUT2D eigenvalue weighted by atomic mass is 10.1. The van der Waals surface area contributed by atoms with Gasteiger partial charge in [0.15, 0.2) is 0 Å². The van der Waals surface area contributed by atoms with Crippen LogP contribution in [0.4, 0.5) is 4.39 Å². The van der Waals surface area contributed by atoms with Gasteiger partial charge in [0, 0.05) is 6.07 Å². The first-order valence-corrected chi connectivity index (χ1v) is 6.47. The monoisotopic (exact) mass is 286 g/mol. The van der Waals surface area contributed by atoms with E-state index in [-0.39, 0.29) is 5.82 Å². The van der Waals surface area contributed by atoms with Crippen molar-refractivity contribution in [2.75, 3.05) is 7.11 Å². The van der Waals surface area contributed by atoms with Gasteiger partial charge in [-0.15, -0.1) is 0 Å². The molecular weight excluding hydrogens is 271 g/mol. The predicted molar refractivity (Wildman–Crippen MR) is 76.2 cm³/mol. The van der Waals surface area contributed by atoms with Gasteiger partial charge in [0.25, 0.3) is 0 Å². The minimum atomic E-state index is -0.768. The zero-order valence-corrected chi connectivity index (χ0v) is 11.6. The third-order valence-corrected chi connectivity index (χ3v) is 2.84. The van der Waals surface area contributed by atoms with Crippen molar-refractivity contribution in [1.82, 2.24) is 9.97 Å². The molecule has 0 spiro atoms. The summed E-state index contributed by atoms with van der Waals surface area (Å²) in [5, 5.41) is 9.83. The molecule has 2 aromatic rings. The lowest BCUT2D eigenvalue weighted by Crippen LogP contribution is -2.05. The van der Waals surface area contributed by atoms with Crippen LogP contribution in [-0.2, 0) is 6.42 Å². The van der Waals surface area contributed by atoms with Crippen LogP contribution < -0.4 is 4.74 Å². The highest BCUT2D eigenvalue weighted by molar-refractivity contribution is 5.31. The third kappa shape index (κ3) is 4.86. The molecule has 2 rings (SSSR count). The highest BCUT2D eigenvalue weighted by Crippen LogP contribution is 2.08. The molecule has 1 aromatic heterocycles. The van der Waals surface area contributed by atoms with E-state index in [1.807, 2.05) is 0 Å². The second-order valence-corrected chi connectivity index (χ2v) is 4.40. The molecule has 1 N–H and O–H groups in total. The fraction of sp³-hybridized carbons (Fsp3) is 0.250. The first-order valence-electron chi connectivity index (χ1n) is 6.47. The standard InChI is InChI=1S/C16H15FN2O2/c1-21-16-10-14(18-11-19-16)7-9-15(20)8-4-12-2-5-13(17)6-3-12/h2-3,5-6,10-11,15,20H,4,8H2,1H3. The number of rotatable bonds is 4. The molecule has 0 aliphatic heterocycles. The summed E-state index contributed by atoms with van der Waals surface area (Å²) in [5.74, 6) is 5.65. The van der Waals surface area contributed by atoms with Gasteiger partial charge in [-0.05, 0) is 36.5 Å². The Morgan fingerprint density at radius 1 is 1.29 bits per heavy atom. The Kier molecular flexibility index (Phi) is 5.24. The summed E-state index contributed by atoms with van der Waals surface area (Å²) in [6.45, 7) is 0. The van der Waals surface area contributed by atoms with E-state index in [2.05, 4.69) is 21.8 Å². The van der Waals surface area contributed by atoms with Gasteiger partial charge in [0.05, 0.1) is 7.11 Å². The molecule has 1 atom stereocenters. The van der Waals surface area contributed by atoms with Crippen molar-refractivity contribution in [3.63, 3.8) is 0 Å². The molecule has 0 aliphatic rings. The minimum Gasteiger partial charge on any atom is -0.481 e. The van der Waals surface area contributed by atoms with E-state index in [1.54, 1.807) is 18.2 Å². The first kappa shape index (κ1) is 14.9. The number of aliphatic hydroxyl groups excluding tert-OH is 1. The molecule has 0 saturated heterocycles. The molecular formula is C16H15FN2O2. The fourth-order valence-corrected chi connectivity index (χ4v) is 1.70. The van der Waals surface area contributed by atoms with Gasteiger partial charge in [-0.1, -0.05) is 18.1 Å². The van der Waals surface area contributed by atoms with Crippen molar-refractivity contribution in [2.24, 2.45) is 0 Å². The second-order valence-electron chi connectivity index (χ2n) is 4.40. The van der Waals surface area contributed by atoms with Crippen molar-refractivity contribution >= 4 is 0 Å². The molecule has 1 heterocycles. The zero-order chi connectivity index (χ0) is 15.1. The van der Waals surface area contributed by atoms with Gasteiger partial charge in [-0.3, -0.25) is 0 Å². The summed E-state index contributed by atoms with van der Waals surface area (Å²) in [4.78, 5) is 7.84. The summed E-state index contributed by atoms with van der Waals surface area (Å²) < 4.78 is 17.7. The Morgan fingerprint density at radius 2 is 2.05 bits per heavy atom. The van der Waals surface area contributed by atoms with E-state index in [0.29, 0.717) is 24.4 Å². The Labute approximate surface area is 122 Å². The maximum absolute atomic E-state index is 12.8. The van der Waals surface area contributed by atoms with Crippen molar-refractivity contribution in [2.45, 2.75) is 18.9 Å². The highest BCUT2D eigenvalue weighted by Gasteiger charge is 2.01. The topological polar surface area (TPSA) is 55.2 Å². The number of hydrogen-bond acceptors (Lipinski definition) is 4. The minimum absolute atomic E-state index is 0.267. The van der Waals surface area contributed by atoms with E-state index in [1.165, 1.54) is 25.6 Å². The van der Waals surface area contributed by atoms with Gasteiger partial charge in [-0.25, -0.2) is 14.4 Å². The van der Waals surface area contributed by atoms with E-state index < -0.39 is 6.10 Å². The normalized spacial score (nSPS) is 11.4. The van der Waals surface area contributed by atoms with Crippen molar-refractivity contribution < 1.29 is 14.2 Å². The van der Waals surface area contributed by atoms with Crippen molar-refractivity contribution in [1.29, 1.82) is 0 Å². The quantitative estimate of drug-likeness (QED) is 0.873. The molecule has 4 nitrogen and oxygen atoms in total. The Morgan fingerprint density at radius 3 is 2.76 bits per heavy atom. The van der Waals surface area contributed by atoms with Gasteiger partial charge in [-0.2, -0.15) is 0 Å². The summed E-state index contributed by atoms with van der Waals surface area (Å²) in [6.07, 6.45) is 1.69. The number of aryl methyl sites for hydroxylation is 1. The maximum atomic E-state index is 12.8. The number of methoxy groups -OCH3 is 1. The summed E-state index contributed by atoms with van der Waals surface area (Å²) in [5.41, 5.74) is 1.45. The third-order valence-electron chi connectivity index (χ3n) is 2.84. The molecule has 0 radical (unpaired) electrons. The largest absolute Gasteiger partial charge is 0.481 e. The smallest absolute Gasteiger partial charge is 0.217 e. The van der Waals surface area contributed by atoms with Crippen LogP contribution in [0.15, 0.2) is 36.7 Å². The lowest BCUT2D eigenvalue weighted by molar-refractivity contribution is 0.222. The maximum Gasteiger partial charge on any atom is 0.217 e. The van der Waals surface area contributed by atoms with Crippen LogP contribution in [0.5, 0.6) is 5.88 Å². The lowest BCUT2D eigenvalue weighted by Gasteiger charge is -2.03. The average Bonchev–Trinajstić information content (AvgIpc) is 2.52. The molecule has 108 valence electrons. The summed E-state index contributed by atoms with van der Waals surface area (Å²) in [7, 11) is 1.51. The number of ether oxygens (including phenoxy) is 1. The zero-order valence-electron chi connectivity index (χ0n) is 11.6. The molecule has 0 aliphatic carbocycles. The Balaban J connectivity index is 1.91. The number of aromatic nitrogens is 2. The summed E-state index contributed by atoms with van der Waals surface area (Å²) in [6, 6.07) is 7.80. The first-order chi connectivity index (χ1) is 10.2. The van der Waals surface area contributed by atoms with Gasteiger partial charge >= 0.3 is 0 Å². The highest BCUT2D eigenvalue weighted by atomic mass is 19.1. The summed E-state index contributed by atoms with van der Waals surface area (Å²) >= 11 is 0. The van der Waals surface area contributed by atoms with E-state index in [0.717, 1.165) is 5.56 Å². The number of nitrogens with zero attached hydrogens (tertiary/aromatic N) is 2. The SMILES string of the molecule is COc1cc(C#CC(O)CCc2ccc(F)cc2)ncn1. The molecule has 1 aromatic carbocycles. The molecule has 21 heavy (non-hydrogen) atoms. The van der Waals surface area contributed by atoms with Gasteiger partial charge in [0.1, 0.15) is 23.9 Å². The Hall–Kier alpha value is -2.45. The molecule has 0 bridgehead atoms. The average molecular weight is 286 g/mol. The van der Waals surface area contributed by atoms with Gasteiger partial charge in [0.2, 0.25) is 5.88 Å². The number of aliphatic hydroxyl groups is 1. The molecule has 0 saturated carbocycles. The predicted octanol–water partition coefficient (Wildman–Crippen LogP) is 1.97. The number of hydrogen-bond donors (Lipinski definition) is 1. The van der Waals surface area contributed by atoms with Crippen molar-refractivity contribution in [3.8, 4) is 17.7 Å². The van der Waals surface area contributed by atoms with E-state index in [9.17, 15) is 9.50 Å². The van der Waals surface area contributed by atoms with Crippen LogP contribution in [0.1, 0.15) is 17.7 Å². The number of halogens is 1. The van der Waals surface area contributed by atoms with E-state index >= 15 is 0 Å². The van der Waals surface area contributed by atoms with Crippen LogP contribution in [0.2, 0.25) is 0 Å². The molecule has 5 heteroatoms. The van der Waals surface area contributed by atoms with Crippen LogP contribution in [0, 0.1) is 17.7 Å². The molecule has 0 amide bonds. The van der Waals surface area contributed by atoms with E-state index in [4.69, 9.17) is 4.74 Å². The Bertz CT molecular complexity index is 647. The second kappa shape index (κ2) is 7.36. The molecule has 1 unspecified atom stereocenters. The molecule has 0 fully saturated rings. The van der Waals surface area contributed by atoms with Crippen LogP contribution in [0.25, 0.3) is 0 Å². The van der Waals surface area contributed by atoms with Crippen LogP contribution in [0.3, 0.4) is 0 Å². The van der Waals surface area contributed by atoms with Gasteiger partial charge < -0.3 is 9.84 Å². The van der Waals surface area contributed by atoms with Crippen LogP contribution in [-0.4, -0.2) is 28.3 Å². The fourth-order valence-electron chi connectivity index (χ4n) is 1.70. The van der Waals surface area contributed by atoms with Crippen LogP contribution >= 0.6 is 0 Å². The number of benzene rings is 1. The van der Waals surface area contributed by atoms with Crippen molar-refractivity contribution in [3.05, 3.63) is 53.7 Å².